The van der Waals surface area contributed by atoms with Gasteiger partial charge in [0.2, 0.25) is 0 Å². The molecule has 1 unspecified atom stereocenters. The van der Waals surface area contributed by atoms with E-state index < -0.39 is 8.69 Å². The molecule has 0 aliphatic rings. The molecule has 0 radical (unpaired) electrons. The standard InChI is InChI=1S/C3H7.CH3.Ca.HO2P/c1-3-2;;;1-3-2/h1,3H2,2H3;1H3;;3H/q2*-1;+2;/p+1. The second-order valence-electron chi connectivity index (χ2n) is 0.591. The third-order valence-corrected chi connectivity index (χ3v) is 0. The van der Waals surface area contributed by atoms with E-state index in [0.717, 1.165) is 6.42 Å². The molecule has 1 atom stereocenters. The SMILES string of the molecule is O=[PH+]O.[CH2-]CC.[CH3-].[Ca+2]. The maximum Gasteiger partial charge on any atom is 2.00 e. The van der Waals surface area contributed by atoms with Gasteiger partial charge in [-0.15, -0.1) is 0 Å². The van der Waals surface area contributed by atoms with Gasteiger partial charge in [-0.05, 0) is 4.57 Å². The van der Waals surface area contributed by atoms with Crippen LogP contribution in [-0.2, 0) is 4.57 Å². The summed E-state index contributed by atoms with van der Waals surface area (Å²) in [6.07, 6.45) is 1.00. The van der Waals surface area contributed by atoms with Gasteiger partial charge in [0, 0.05) is 0 Å². The van der Waals surface area contributed by atoms with E-state index in [1.54, 1.807) is 0 Å². The molecule has 46 valence electrons. The van der Waals surface area contributed by atoms with E-state index in [1.807, 2.05) is 6.92 Å². The summed E-state index contributed by atoms with van der Waals surface area (Å²) in [7, 11) is -1.17. The zero-order valence-corrected chi connectivity index (χ0v) is 8.69. The third kappa shape index (κ3) is 168. The molecule has 0 aliphatic carbocycles. The molecule has 0 bridgehead atoms. The first-order valence-corrected chi connectivity index (χ1v) is 2.49. The molecule has 0 aromatic rings. The Morgan fingerprint density at radius 3 is 1.75 bits per heavy atom. The van der Waals surface area contributed by atoms with Crippen LogP contribution in [0.5, 0.6) is 0 Å². The monoisotopic (exact) mass is 163 g/mol. The van der Waals surface area contributed by atoms with Crippen LogP contribution in [0.25, 0.3) is 0 Å². The second-order valence-corrected chi connectivity index (χ2v) is 0.774. The van der Waals surface area contributed by atoms with E-state index in [2.05, 4.69) is 6.92 Å². The van der Waals surface area contributed by atoms with Gasteiger partial charge in [0.1, 0.15) is 0 Å². The van der Waals surface area contributed by atoms with Crippen molar-refractivity contribution in [3.05, 3.63) is 14.4 Å². The molecule has 0 amide bonds. The molecule has 4 heteroatoms. The zero-order valence-electron chi connectivity index (χ0n) is 5.48. The van der Waals surface area contributed by atoms with E-state index >= 15 is 0 Å². The number of hydrogen-bond donors (Lipinski definition) is 1. The van der Waals surface area contributed by atoms with Crippen LogP contribution in [0, 0.1) is 14.4 Å². The first kappa shape index (κ1) is 22.8. The second kappa shape index (κ2) is 40.4. The molecular weight excluding hydrogens is 151 g/mol. The van der Waals surface area contributed by atoms with Gasteiger partial charge in [-0.3, -0.25) is 0 Å². The average molecular weight is 163 g/mol. The summed E-state index contributed by atoms with van der Waals surface area (Å²) < 4.78 is 8.51. The number of rotatable bonds is 0. The summed E-state index contributed by atoms with van der Waals surface area (Å²) in [6, 6.07) is 0. The molecule has 0 fully saturated rings. The largest absolute Gasteiger partial charge is 2.00 e. The Balaban J connectivity index is -0.0000000160. The molecule has 2 nitrogen and oxygen atoms in total. The Morgan fingerprint density at radius 1 is 1.75 bits per heavy atom. The third-order valence-electron chi connectivity index (χ3n) is 0. The summed E-state index contributed by atoms with van der Waals surface area (Å²) in [5.41, 5.74) is 0. The molecule has 1 N–H and O–H groups in total. The van der Waals surface area contributed by atoms with Gasteiger partial charge in [-0.1, -0.05) is 6.92 Å². The van der Waals surface area contributed by atoms with Gasteiger partial charge in [0.15, 0.2) is 0 Å². The fourth-order valence-corrected chi connectivity index (χ4v) is 0. The Labute approximate surface area is 83.0 Å². The first-order valence-electron chi connectivity index (χ1n) is 1.63. The fourth-order valence-electron chi connectivity index (χ4n) is 0. The molecule has 0 spiro atoms. The van der Waals surface area contributed by atoms with Crippen LogP contribution in [0.15, 0.2) is 0 Å². The van der Waals surface area contributed by atoms with Gasteiger partial charge in [0.25, 0.3) is 0 Å². The molecule has 0 aromatic heterocycles. The van der Waals surface area contributed by atoms with Gasteiger partial charge >= 0.3 is 46.4 Å². The summed E-state index contributed by atoms with van der Waals surface area (Å²) >= 11 is 0. The van der Waals surface area contributed by atoms with Gasteiger partial charge < -0.3 is 14.4 Å². The maximum absolute atomic E-state index is 8.51. The molecule has 0 aromatic carbocycles. The van der Waals surface area contributed by atoms with Crippen molar-refractivity contribution < 1.29 is 9.46 Å². The van der Waals surface area contributed by atoms with Crippen molar-refractivity contribution in [1.29, 1.82) is 0 Å². The summed E-state index contributed by atoms with van der Waals surface area (Å²) in [4.78, 5) is 7.04. The Bertz CT molecular complexity index is 28.0. The van der Waals surface area contributed by atoms with Crippen molar-refractivity contribution in [2.75, 3.05) is 0 Å². The zero-order chi connectivity index (χ0) is 5.41. The smallest absolute Gasteiger partial charge is 0.358 e. The number of hydrogen-bond acceptors (Lipinski definition) is 1. The average Bonchev–Trinajstić information content (AvgIpc) is 1.39. The fraction of sp³-hybridized carbons (Fsp3) is 0.500. The first-order chi connectivity index (χ1) is 2.83. The normalized spacial score (nSPS) is 4.88. The van der Waals surface area contributed by atoms with E-state index in [-0.39, 0.29) is 45.2 Å². The van der Waals surface area contributed by atoms with Crippen LogP contribution in [0.4, 0.5) is 0 Å². The summed E-state index contributed by atoms with van der Waals surface area (Å²) in [5, 5.41) is 0. The van der Waals surface area contributed by atoms with Crippen molar-refractivity contribution in [3.8, 4) is 0 Å². The van der Waals surface area contributed by atoms with Gasteiger partial charge in [-0.25, -0.2) is 0 Å². The van der Waals surface area contributed by atoms with E-state index in [1.165, 1.54) is 0 Å². The molecule has 0 saturated carbocycles. The van der Waals surface area contributed by atoms with Crippen molar-refractivity contribution in [1.82, 2.24) is 0 Å². The molecule has 0 heterocycles. The van der Waals surface area contributed by atoms with Gasteiger partial charge in [-0.2, -0.15) is 11.3 Å². The molecule has 0 rings (SSSR count). The van der Waals surface area contributed by atoms with Crippen LogP contribution in [0.1, 0.15) is 13.3 Å². The summed E-state index contributed by atoms with van der Waals surface area (Å²) in [5.74, 6) is 0. The van der Waals surface area contributed by atoms with Crippen molar-refractivity contribution >= 4 is 46.4 Å². The van der Waals surface area contributed by atoms with Crippen LogP contribution in [0.3, 0.4) is 0 Å². The van der Waals surface area contributed by atoms with Crippen molar-refractivity contribution in [2.45, 2.75) is 13.3 Å². The van der Waals surface area contributed by atoms with Crippen LogP contribution < -0.4 is 0 Å². The van der Waals surface area contributed by atoms with Crippen molar-refractivity contribution in [2.24, 2.45) is 0 Å². The van der Waals surface area contributed by atoms with Crippen molar-refractivity contribution in [3.63, 3.8) is 0 Å². The predicted molar refractivity (Wildman–Crippen MR) is 39.0 cm³/mol. The summed E-state index contributed by atoms with van der Waals surface area (Å²) in [6.45, 7) is 5.50. The van der Waals surface area contributed by atoms with E-state index in [0.29, 0.717) is 0 Å². The van der Waals surface area contributed by atoms with Gasteiger partial charge in [0.05, 0.1) is 0 Å². The minimum Gasteiger partial charge on any atom is -0.358 e. The van der Waals surface area contributed by atoms with Crippen LogP contribution in [-0.4, -0.2) is 42.6 Å². The molecule has 0 aliphatic heterocycles. The molecular formula is C4H12CaO2P+. The predicted octanol–water partition coefficient (Wildman–Crippen LogP) is 1.22. The Kier molecular flexibility index (Phi) is 115. The van der Waals surface area contributed by atoms with Crippen LogP contribution >= 0.6 is 8.69 Å². The molecule has 0 saturated heterocycles. The Hall–Kier alpha value is 1.32. The molecule has 8 heavy (non-hydrogen) atoms. The quantitative estimate of drug-likeness (QED) is 0.331. The Morgan fingerprint density at radius 2 is 1.75 bits per heavy atom. The van der Waals surface area contributed by atoms with E-state index in [4.69, 9.17) is 9.46 Å². The minimum atomic E-state index is -1.17. The topological polar surface area (TPSA) is 37.3 Å². The maximum atomic E-state index is 8.51. The minimum absolute atomic E-state index is 0. The van der Waals surface area contributed by atoms with E-state index in [9.17, 15) is 0 Å². The van der Waals surface area contributed by atoms with Crippen LogP contribution in [0.2, 0.25) is 0 Å².